The zero-order chi connectivity index (χ0) is 15.8. The summed E-state index contributed by atoms with van der Waals surface area (Å²) in [5, 5.41) is 5.53. The van der Waals surface area contributed by atoms with E-state index >= 15 is 0 Å². The van der Waals surface area contributed by atoms with Crippen molar-refractivity contribution in [2.45, 2.75) is 32.9 Å². The van der Waals surface area contributed by atoms with E-state index in [-0.39, 0.29) is 17.9 Å². The molecule has 0 radical (unpaired) electrons. The van der Waals surface area contributed by atoms with Crippen LogP contribution in [0.25, 0.3) is 0 Å². The summed E-state index contributed by atoms with van der Waals surface area (Å²) in [5.41, 5.74) is 1.71. The molecule has 116 valence electrons. The molecule has 1 aromatic rings. The molecule has 0 spiro atoms. The minimum Gasteiger partial charge on any atom is -0.355 e. The van der Waals surface area contributed by atoms with Crippen LogP contribution in [-0.4, -0.2) is 43.4 Å². The molecule has 1 rings (SSSR count). The molecule has 0 aliphatic rings. The van der Waals surface area contributed by atoms with Crippen molar-refractivity contribution in [3.05, 3.63) is 35.4 Å². The number of hydrogen-bond donors (Lipinski definition) is 2. The summed E-state index contributed by atoms with van der Waals surface area (Å²) >= 11 is 0. The van der Waals surface area contributed by atoms with E-state index in [0.29, 0.717) is 18.7 Å². The molecule has 2 N–H and O–H groups in total. The van der Waals surface area contributed by atoms with Gasteiger partial charge in [0.25, 0.3) is 5.91 Å². The molecule has 0 aliphatic heterocycles. The number of amides is 2. The van der Waals surface area contributed by atoms with E-state index in [1.807, 2.05) is 37.9 Å². The first-order valence-corrected chi connectivity index (χ1v) is 7.25. The number of carbonyl (C=O) groups is 2. The Labute approximate surface area is 126 Å². The molecule has 1 aromatic carbocycles. The van der Waals surface area contributed by atoms with Crippen LogP contribution in [0.2, 0.25) is 0 Å². The summed E-state index contributed by atoms with van der Waals surface area (Å²) in [6.45, 7) is 5.07. The average Bonchev–Trinajstić information content (AvgIpc) is 2.46. The molecule has 0 bridgehead atoms. The lowest BCUT2D eigenvalue weighted by molar-refractivity contribution is -0.122. The van der Waals surface area contributed by atoms with Gasteiger partial charge in [-0.1, -0.05) is 19.1 Å². The van der Waals surface area contributed by atoms with E-state index in [4.69, 9.17) is 0 Å². The number of nitrogens with zero attached hydrogens (tertiary/aromatic N) is 1. The van der Waals surface area contributed by atoms with E-state index in [0.717, 1.165) is 12.0 Å². The van der Waals surface area contributed by atoms with Gasteiger partial charge in [0.2, 0.25) is 5.91 Å². The largest absolute Gasteiger partial charge is 0.355 e. The topological polar surface area (TPSA) is 61.4 Å². The van der Waals surface area contributed by atoms with Crippen LogP contribution in [-0.2, 0) is 11.3 Å². The van der Waals surface area contributed by atoms with Crippen molar-refractivity contribution in [1.82, 2.24) is 15.5 Å². The second-order valence-electron chi connectivity index (χ2n) is 5.33. The lowest BCUT2D eigenvalue weighted by Crippen LogP contribution is -2.39. The summed E-state index contributed by atoms with van der Waals surface area (Å²) in [7, 11) is 3.52. The highest BCUT2D eigenvalue weighted by molar-refractivity contribution is 5.93. The maximum absolute atomic E-state index is 11.8. The first-order chi connectivity index (χ1) is 9.96. The maximum atomic E-state index is 11.8. The predicted octanol–water partition coefficient (Wildman–Crippen LogP) is 1.39. The Morgan fingerprint density at radius 1 is 1.24 bits per heavy atom. The van der Waals surface area contributed by atoms with Crippen molar-refractivity contribution >= 4 is 11.8 Å². The molecule has 1 atom stereocenters. The molecule has 5 heteroatoms. The van der Waals surface area contributed by atoms with Crippen LogP contribution in [0.4, 0.5) is 0 Å². The van der Waals surface area contributed by atoms with Crippen molar-refractivity contribution < 1.29 is 9.59 Å². The van der Waals surface area contributed by atoms with Gasteiger partial charge >= 0.3 is 0 Å². The molecule has 0 unspecified atom stereocenters. The summed E-state index contributed by atoms with van der Waals surface area (Å²) in [5.74, 6) is -0.0586. The third-order valence-corrected chi connectivity index (χ3v) is 3.33. The third-order valence-electron chi connectivity index (χ3n) is 3.33. The van der Waals surface area contributed by atoms with Crippen molar-refractivity contribution in [2.75, 3.05) is 20.6 Å². The molecule has 0 saturated carbocycles. The van der Waals surface area contributed by atoms with Crippen LogP contribution in [0, 0.1) is 0 Å². The first kappa shape index (κ1) is 17.2. The number of nitrogens with one attached hydrogen (secondary N) is 2. The number of rotatable bonds is 7. The van der Waals surface area contributed by atoms with Gasteiger partial charge in [0, 0.05) is 25.2 Å². The Hall–Kier alpha value is -1.88. The SMILES string of the molecule is CC[C@@H](C)NC(=O)CN(C)Cc1ccc(C(=O)NC)cc1. The highest BCUT2D eigenvalue weighted by Crippen LogP contribution is 2.06. The Balaban J connectivity index is 2.49. The minimum atomic E-state index is -0.0946. The number of benzene rings is 1. The highest BCUT2D eigenvalue weighted by Gasteiger charge is 2.09. The van der Waals surface area contributed by atoms with Gasteiger partial charge in [0.05, 0.1) is 6.54 Å². The van der Waals surface area contributed by atoms with E-state index in [1.165, 1.54) is 0 Å². The number of likely N-dealkylation sites (N-methyl/N-ethyl adjacent to an activating group) is 1. The molecular weight excluding hydrogens is 266 g/mol. The highest BCUT2D eigenvalue weighted by atomic mass is 16.2. The summed E-state index contributed by atoms with van der Waals surface area (Å²) < 4.78 is 0. The van der Waals surface area contributed by atoms with Crippen LogP contribution in [0.15, 0.2) is 24.3 Å². The molecule has 0 heterocycles. The van der Waals surface area contributed by atoms with Crippen molar-refractivity contribution in [2.24, 2.45) is 0 Å². The van der Waals surface area contributed by atoms with Gasteiger partial charge in [-0.05, 0) is 38.1 Å². The lowest BCUT2D eigenvalue weighted by Gasteiger charge is -2.18. The van der Waals surface area contributed by atoms with Gasteiger partial charge in [0.1, 0.15) is 0 Å². The van der Waals surface area contributed by atoms with Gasteiger partial charge in [0.15, 0.2) is 0 Å². The summed E-state index contributed by atoms with van der Waals surface area (Å²) in [4.78, 5) is 25.2. The summed E-state index contributed by atoms with van der Waals surface area (Å²) in [6.07, 6.45) is 0.927. The molecule has 5 nitrogen and oxygen atoms in total. The maximum Gasteiger partial charge on any atom is 0.251 e. The lowest BCUT2D eigenvalue weighted by atomic mass is 10.1. The molecular formula is C16H25N3O2. The second-order valence-corrected chi connectivity index (χ2v) is 5.33. The molecule has 21 heavy (non-hydrogen) atoms. The number of hydrogen-bond acceptors (Lipinski definition) is 3. The normalized spacial score (nSPS) is 12.0. The zero-order valence-electron chi connectivity index (χ0n) is 13.3. The van der Waals surface area contributed by atoms with E-state index in [1.54, 1.807) is 19.2 Å². The van der Waals surface area contributed by atoms with Crippen LogP contribution in [0.5, 0.6) is 0 Å². The molecule has 0 aliphatic carbocycles. The molecule has 0 aromatic heterocycles. The monoisotopic (exact) mass is 291 g/mol. The Bertz CT molecular complexity index is 471. The van der Waals surface area contributed by atoms with Gasteiger partial charge < -0.3 is 10.6 Å². The van der Waals surface area contributed by atoms with Crippen LogP contribution >= 0.6 is 0 Å². The fraction of sp³-hybridized carbons (Fsp3) is 0.500. The average molecular weight is 291 g/mol. The van der Waals surface area contributed by atoms with Gasteiger partial charge in [-0.25, -0.2) is 0 Å². The third kappa shape index (κ3) is 5.95. The fourth-order valence-electron chi connectivity index (χ4n) is 1.94. The van der Waals surface area contributed by atoms with Gasteiger partial charge in [-0.3, -0.25) is 14.5 Å². The van der Waals surface area contributed by atoms with Crippen LogP contribution < -0.4 is 10.6 Å². The standard InChI is InChI=1S/C16H25N3O2/c1-5-12(2)18-15(20)11-19(4)10-13-6-8-14(9-7-13)16(21)17-3/h6-9,12H,5,10-11H2,1-4H3,(H,17,21)(H,18,20)/t12-/m1/s1. The smallest absolute Gasteiger partial charge is 0.251 e. The second kappa shape index (κ2) is 8.42. The Morgan fingerprint density at radius 3 is 2.38 bits per heavy atom. The molecule has 0 saturated heterocycles. The quantitative estimate of drug-likeness (QED) is 0.798. The Kier molecular flexibility index (Phi) is 6.88. The van der Waals surface area contributed by atoms with Crippen LogP contribution in [0.1, 0.15) is 36.2 Å². The van der Waals surface area contributed by atoms with Gasteiger partial charge in [-0.15, -0.1) is 0 Å². The Morgan fingerprint density at radius 2 is 1.86 bits per heavy atom. The zero-order valence-corrected chi connectivity index (χ0v) is 13.3. The van der Waals surface area contributed by atoms with E-state index in [9.17, 15) is 9.59 Å². The van der Waals surface area contributed by atoms with Crippen molar-refractivity contribution in [3.63, 3.8) is 0 Å². The van der Waals surface area contributed by atoms with Gasteiger partial charge in [-0.2, -0.15) is 0 Å². The number of carbonyl (C=O) groups excluding carboxylic acids is 2. The predicted molar refractivity (Wildman–Crippen MR) is 84.1 cm³/mol. The van der Waals surface area contributed by atoms with Crippen molar-refractivity contribution in [3.8, 4) is 0 Å². The molecule has 2 amide bonds. The van der Waals surface area contributed by atoms with E-state index in [2.05, 4.69) is 10.6 Å². The minimum absolute atomic E-state index is 0.0360. The van der Waals surface area contributed by atoms with Crippen LogP contribution in [0.3, 0.4) is 0 Å². The summed E-state index contributed by atoms with van der Waals surface area (Å²) in [6, 6.07) is 7.61. The molecule has 0 fully saturated rings. The first-order valence-electron chi connectivity index (χ1n) is 7.25. The van der Waals surface area contributed by atoms with Crippen molar-refractivity contribution in [1.29, 1.82) is 0 Å². The van der Waals surface area contributed by atoms with E-state index < -0.39 is 0 Å². The fourth-order valence-corrected chi connectivity index (χ4v) is 1.94.